The fourth-order valence-corrected chi connectivity index (χ4v) is 2.44. The lowest BCUT2D eigenvalue weighted by Crippen LogP contribution is -2.32. The summed E-state index contributed by atoms with van der Waals surface area (Å²) in [6.45, 7) is 1.99. The summed E-state index contributed by atoms with van der Waals surface area (Å²) >= 11 is 6.11. The molecule has 1 saturated carbocycles. The first-order chi connectivity index (χ1) is 8.22. The van der Waals surface area contributed by atoms with E-state index in [1.54, 1.807) is 0 Å². The number of benzene rings is 1. The molecule has 1 aromatic carbocycles. The van der Waals surface area contributed by atoms with Crippen molar-refractivity contribution in [3.8, 4) is 0 Å². The molecule has 0 aliphatic heterocycles. The molecule has 0 spiro atoms. The molecule has 0 heterocycles. The number of hydrazine groups is 1. The Balaban J connectivity index is 2.31. The Morgan fingerprint density at radius 1 is 1.41 bits per heavy atom. The third kappa shape index (κ3) is 2.79. The number of amidine groups is 1. The molecular formula is C13H18ClN3. The van der Waals surface area contributed by atoms with Crippen molar-refractivity contribution >= 4 is 17.4 Å². The third-order valence-corrected chi connectivity index (χ3v) is 3.71. The molecule has 2 rings (SSSR count). The van der Waals surface area contributed by atoms with Gasteiger partial charge in [-0.15, -0.1) is 0 Å². The minimum absolute atomic E-state index is 0.402. The Labute approximate surface area is 107 Å². The van der Waals surface area contributed by atoms with Gasteiger partial charge >= 0.3 is 0 Å². The standard InChI is InChI=1S/C13H18ClN3/c1-9-11(7-4-8-12(9)14)13(17-15)16-10-5-2-3-6-10/h4,7-8,10H,2-3,5-6,15H2,1H3,(H,16,17). The molecular weight excluding hydrogens is 234 g/mol. The van der Waals surface area contributed by atoms with Crippen LogP contribution >= 0.6 is 11.6 Å². The van der Waals surface area contributed by atoms with E-state index in [-0.39, 0.29) is 0 Å². The average Bonchev–Trinajstić information content (AvgIpc) is 2.83. The summed E-state index contributed by atoms with van der Waals surface area (Å²) in [6.07, 6.45) is 4.84. The smallest absolute Gasteiger partial charge is 0.143 e. The van der Waals surface area contributed by atoms with Crippen LogP contribution in [0.5, 0.6) is 0 Å². The van der Waals surface area contributed by atoms with Crippen LogP contribution in [0.15, 0.2) is 23.2 Å². The van der Waals surface area contributed by atoms with E-state index in [1.807, 2.05) is 25.1 Å². The van der Waals surface area contributed by atoms with Gasteiger partial charge in [0, 0.05) is 10.6 Å². The van der Waals surface area contributed by atoms with Gasteiger partial charge in [-0.25, -0.2) is 5.84 Å². The number of nitrogens with one attached hydrogen (secondary N) is 1. The normalized spacial score (nSPS) is 17.5. The van der Waals surface area contributed by atoms with E-state index in [2.05, 4.69) is 10.4 Å². The number of hydrogen-bond donors (Lipinski definition) is 2. The first-order valence-corrected chi connectivity index (χ1v) is 6.40. The van der Waals surface area contributed by atoms with Crippen molar-refractivity contribution in [2.24, 2.45) is 10.8 Å². The second kappa shape index (κ2) is 5.52. The van der Waals surface area contributed by atoms with Crippen LogP contribution in [-0.4, -0.2) is 11.9 Å². The number of hydrogen-bond acceptors (Lipinski definition) is 2. The fraction of sp³-hybridized carbons (Fsp3) is 0.462. The van der Waals surface area contributed by atoms with Crippen molar-refractivity contribution in [1.82, 2.24) is 5.43 Å². The van der Waals surface area contributed by atoms with Gasteiger partial charge < -0.3 is 5.43 Å². The van der Waals surface area contributed by atoms with E-state index in [0.717, 1.165) is 34.8 Å². The Kier molecular flexibility index (Phi) is 4.02. The van der Waals surface area contributed by atoms with Crippen LogP contribution in [0, 0.1) is 6.92 Å². The minimum atomic E-state index is 0.402. The van der Waals surface area contributed by atoms with Crippen molar-refractivity contribution < 1.29 is 0 Å². The van der Waals surface area contributed by atoms with Gasteiger partial charge in [-0.2, -0.15) is 0 Å². The second-order valence-electron chi connectivity index (χ2n) is 4.47. The zero-order chi connectivity index (χ0) is 12.3. The molecule has 17 heavy (non-hydrogen) atoms. The van der Waals surface area contributed by atoms with Gasteiger partial charge in [0.05, 0.1) is 6.04 Å². The third-order valence-electron chi connectivity index (χ3n) is 3.30. The SMILES string of the molecule is Cc1c(Cl)cccc1C(=NC1CCCC1)NN. The van der Waals surface area contributed by atoms with Crippen molar-refractivity contribution in [3.05, 3.63) is 34.3 Å². The van der Waals surface area contributed by atoms with Gasteiger partial charge in [0.15, 0.2) is 0 Å². The summed E-state index contributed by atoms with van der Waals surface area (Å²) in [5, 5.41) is 0.747. The van der Waals surface area contributed by atoms with E-state index in [0.29, 0.717) is 6.04 Å². The van der Waals surface area contributed by atoms with Gasteiger partial charge in [-0.05, 0) is 31.4 Å². The van der Waals surface area contributed by atoms with Crippen LogP contribution in [0.2, 0.25) is 5.02 Å². The fourth-order valence-electron chi connectivity index (χ4n) is 2.26. The molecule has 0 bridgehead atoms. The predicted octanol–water partition coefficient (Wildman–Crippen LogP) is 2.80. The number of nitrogens with two attached hydrogens (primary N) is 1. The monoisotopic (exact) mass is 251 g/mol. The molecule has 0 saturated heterocycles. The summed E-state index contributed by atoms with van der Waals surface area (Å²) < 4.78 is 0. The average molecular weight is 252 g/mol. The largest absolute Gasteiger partial charge is 0.308 e. The van der Waals surface area contributed by atoms with Gasteiger partial charge in [-0.1, -0.05) is 36.6 Å². The first kappa shape index (κ1) is 12.4. The van der Waals surface area contributed by atoms with Crippen LogP contribution < -0.4 is 11.3 Å². The molecule has 1 aliphatic rings. The molecule has 92 valence electrons. The molecule has 1 aliphatic carbocycles. The molecule has 3 N–H and O–H groups in total. The summed E-state index contributed by atoms with van der Waals surface area (Å²) in [7, 11) is 0. The molecule has 1 aromatic rings. The first-order valence-electron chi connectivity index (χ1n) is 6.02. The molecule has 0 unspecified atom stereocenters. The number of rotatable bonds is 2. The summed E-state index contributed by atoms with van der Waals surface area (Å²) in [4.78, 5) is 4.69. The molecule has 4 heteroatoms. The molecule has 0 radical (unpaired) electrons. The van der Waals surface area contributed by atoms with Crippen molar-refractivity contribution in [3.63, 3.8) is 0 Å². The van der Waals surface area contributed by atoms with Gasteiger partial charge in [0.2, 0.25) is 0 Å². The van der Waals surface area contributed by atoms with Gasteiger partial charge in [0.1, 0.15) is 5.84 Å². The summed E-state index contributed by atoms with van der Waals surface area (Å²) in [5.74, 6) is 6.33. The van der Waals surface area contributed by atoms with Gasteiger partial charge in [-0.3, -0.25) is 4.99 Å². The van der Waals surface area contributed by atoms with Gasteiger partial charge in [0.25, 0.3) is 0 Å². The van der Waals surface area contributed by atoms with E-state index in [4.69, 9.17) is 17.4 Å². The lowest BCUT2D eigenvalue weighted by molar-refractivity contribution is 0.700. The van der Waals surface area contributed by atoms with E-state index >= 15 is 0 Å². The maximum absolute atomic E-state index is 6.11. The number of halogens is 1. The molecule has 3 nitrogen and oxygen atoms in total. The zero-order valence-corrected chi connectivity index (χ0v) is 10.8. The zero-order valence-electron chi connectivity index (χ0n) is 10.0. The highest BCUT2D eigenvalue weighted by Gasteiger charge is 2.16. The van der Waals surface area contributed by atoms with Crippen LogP contribution in [-0.2, 0) is 0 Å². The second-order valence-corrected chi connectivity index (χ2v) is 4.88. The maximum Gasteiger partial charge on any atom is 0.143 e. The quantitative estimate of drug-likeness (QED) is 0.368. The molecule has 0 atom stereocenters. The lowest BCUT2D eigenvalue weighted by Gasteiger charge is -2.12. The highest BCUT2D eigenvalue weighted by molar-refractivity contribution is 6.31. The Morgan fingerprint density at radius 3 is 2.76 bits per heavy atom. The molecule has 0 aromatic heterocycles. The minimum Gasteiger partial charge on any atom is -0.308 e. The van der Waals surface area contributed by atoms with Crippen molar-refractivity contribution in [2.45, 2.75) is 38.6 Å². The van der Waals surface area contributed by atoms with Crippen LogP contribution in [0.4, 0.5) is 0 Å². The Hall–Kier alpha value is -1.06. The lowest BCUT2D eigenvalue weighted by atomic mass is 10.1. The van der Waals surface area contributed by atoms with E-state index in [1.165, 1.54) is 12.8 Å². The van der Waals surface area contributed by atoms with Crippen LogP contribution in [0.1, 0.15) is 36.8 Å². The maximum atomic E-state index is 6.11. The Morgan fingerprint density at radius 2 is 2.12 bits per heavy atom. The van der Waals surface area contributed by atoms with E-state index < -0.39 is 0 Å². The van der Waals surface area contributed by atoms with Crippen LogP contribution in [0.3, 0.4) is 0 Å². The number of nitrogens with zero attached hydrogens (tertiary/aromatic N) is 1. The topological polar surface area (TPSA) is 50.4 Å². The van der Waals surface area contributed by atoms with Crippen molar-refractivity contribution in [1.29, 1.82) is 0 Å². The van der Waals surface area contributed by atoms with Crippen LogP contribution in [0.25, 0.3) is 0 Å². The van der Waals surface area contributed by atoms with Crippen molar-refractivity contribution in [2.75, 3.05) is 0 Å². The Bertz CT molecular complexity index is 423. The molecule has 1 fully saturated rings. The highest BCUT2D eigenvalue weighted by Crippen LogP contribution is 2.23. The van der Waals surface area contributed by atoms with E-state index in [9.17, 15) is 0 Å². The summed E-state index contributed by atoms with van der Waals surface area (Å²) in [6, 6.07) is 6.20. The number of aliphatic imine (C=N–C) groups is 1. The highest BCUT2D eigenvalue weighted by atomic mass is 35.5. The molecule has 0 amide bonds. The predicted molar refractivity (Wildman–Crippen MR) is 72.3 cm³/mol. The summed E-state index contributed by atoms with van der Waals surface area (Å²) in [5.41, 5.74) is 4.71.